The van der Waals surface area contributed by atoms with Crippen LogP contribution >= 0.6 is 0 Å². The predicted molar refractivity (Wildman–Crippen MR) is 67.8 cm³/mol. The number of aliphatic hydroxyl groups excluding tert-OH is 1. The first-order valence-corrected chi connectivity index (χ1v) is 5.96. The first-order chi connectivity index (χ1) is 8.50. The number of nitrogens with zero attached hydrogens (tertiary/aromatic N) is 2. The Labute approximate surface area is 106 Å². The van der Waals surface area contributed by atoms with E-state index in [9.17, 15) is 9.50 Å². The van der Waals surface area contributed by atoms with Crippen molar-refractivity contribution in [2.24, 2.45) is 0 Å². The van der Waals surface area contributed by atoms with Gasteiger partial charge >= 0.3 is 0 Å². The topological polar surface area (TPSA) is 38.1 Å². The molecule has 2 rings (SSSR count). The predicted octanol–water partition coefficient (Wildman–Crippen LogP) is 2.99. The molecule has 0 aliphatic heterocycles. The molecule has 0 amide bonds. The summed E-state index contributed by atoms with van der Waals surface area (Å²) in [5, 5.41) is 10.3. The number of aromatic nitrogens is 2. The quantitative estimate of drug-likeness (QED) is 0.906. The Morgan fingerprint density at radius 2 is 2.06 bits per heavy atom. The minimum atomic E-state index is -0.991. The maximum Gasteiger partial charge on any atom is 0.129 e. The highest BCUT2D eigenvalue weighted by Crippen LogP contribution is 2.26. The van der Waals surface area contributed by atoms with Crippen molar-refractivity contribution in [1.82, 2.24) is 9.55 Å². The molecule has 1 unspecified atom stereocenters. The van der Waals surface area contributed by atoms with Crippen LogP contribution in [0, 0.1) is 12.7 Å². The minimum Gasteiger partial charge on any atom is -0.382 e. The summed E-state index contributed by atoms with van der Waals surface area (Å²) in [4.78, 5) is 4.02. The number of aliphatic hydroxyl groups is 1. The van der Waals surface area contributed by atoms with Crippen molar-refractivity contribution in [1.29, 1.82) is 0 Å². The molecule has 3 nitrogen and oxygen atoms in total. The molecule has 96 valence electrons. The van der Waals surface area contributed by atoms with Gasteiger partial charge in [-0.25, -0.2) is 9.37 Å². The molecule has 1 aromatic carbocycles. The third-order valence-electron chi connectivity index (χ3n) is 2.98. The van der Waals surface area contributed by atoms with E-state index >= 15 is 0 Å². The number of aryl methyl sites for hydroxylation is 1. The maximum atomic E-state index is 13.8. The van der Waals surface area contributed by atoms with Crippen molar-refractivity contribution in [2.45, 2.75) is 32.9 Å². The highest BCUT2D eigenvalue weighted by atomic mass is 19.1. The van der Waals surface area contributed by atoms with Gasteiger partial charge < -0.3 is 9.67 Å². The molecule has 0 bridgehead atoms. The summed E-state index contributed by atoms with van der Waals surface area (Å²) < 4.78 is 15.6. The fraction of sp³-hybridized carbons (Fsp3) is 0.357. The highest BCUT2D eigenvalue weighted by Gasteiger charge is 2.19. The van der Waals surface area contributed by atoms with Crippen molar-refractivity contribution < 1.29 is 9.50 Å². The molecule has 1 N–H and O–H groups in total. The van der Waals surface area contributed by atoms with Gasteiger partial charge in [0.1, 0.15) is 11.9 Å². The summed E-state index contributed by atoms with van der Waals surface area (Å²) in [7, 11) is 0. The molecule has 1 atom stereocenters. The molecule has 0 spiro atoms. The fourth-order valence-electron chi connectivity index (χ4n) is 1.99. The van der Waals surface area contributed by atoms with Crippen LogP contribution in [0.3, 0.4) is 0 Å². The average molecular weight is 248 g/mol. The summed E-state index contributed by atoms with van der Waals surface area (Å²) in [6, 6.07) is 4.90. The van der Waals surface area contributed by atoms with Crippen molar-refractivity contribution in [2.75, 3.05) is 0 Å². The Balaban J connectivity index is 2.44. The lowest BCUT2D eigenvalue weighted by molar-refractivity contribution is 0.203. The SMILES string of the molecule is Cc1ccc(F)c(C(O)c2cncn2C(C)C)c1. The summed E-state index contributed by atoms with van der Waals surface area (Å²) >= 11 is 0. The van der Waals surface area contributed by atoms with Crippen molar-refractivity contribution in [3.05, 3.63) is 53.4 Å². The fourth-order valence-corrected chi connectivity index (χ4v) is 1.99. The molecule has 0 radical (unpaired) electrons. The lowest BCUT2D eigenvalue weighted by Gasteiger charge is -2.17. The van der Waals surface area contributed by atoms with Crippen LogP contribution in [0.4, 0.5) is 4.39 Å². The highest BCUT2D eigenvalue weighted by molar-refractivity contribution is 5.30. The second kappa shape index (κ2) is 4.90. The number of halogens is 1. The van der Waals surface area contributed by atoms with Gasteiger partial charge in [0.05, 0.1) is 18.2 Å². The molecule has 1 heterocycles. The normalized spacial score (nSPS) is 13.0. The van der Waals surface area contributed by atoms with Crippen LogP contribution in [0.1, 0.15) is 42.8 Å². The van der Waals surface area contributed by atoms with Crippen LogP contribution in [0.15, 0.2) is 30.7 Å². The smallest absolute Gasteiger partial charge is 0.129 e. The number of imidazole rings is 1. The molecule has 0 saturated heterocycles. The van der Waals surface area contributed by atoms with E-state index in [0.717, 1.165) is 5.56 Å². The second-order valence-electron chi connectivity index (χ2n) is 4.75. The van der Waals surface area contributed by atoms with Gasteiger partial charge in [-0.2, -0.15) is 0 Å². The van der Waals surface area contributed by atoms with E-state index in [0.29, 0.717) is 5.69 Å². The molecule has 2 aromatic rings. The summed E-state index contributed by atoms with van der Waals surface area (Å²) in [5.74, 6) is -0.399. The van der Waals surface area contributed by atoms with E-state index in [1.54, 1.807) is 24.7 Å². The molecule has 0 fully saturated rings. The van der Waals surface area contributed by atoms with E-state index in [2.05, 4.69) is 4.98 Å². The maximum absolute atomic E-state index is 13.8. The number of benzene rings is 1. The lowest BCUT2D eigenvalue weighted by Crippen LogP contribution is -2.11. The van der Waals surface area contributed by atoms with Gasteiger partial charge in [0.15, 0.2) is 0 Å². The number of rotatable bonds is 3. The van der Waals surface area contributed by atoms with Gasteiger partial charge in [-0.3, -0.25) is 0 Å². The summed E-state index contributed by atoms with van der Waals surface area (Å²) in [5.41, 5.74) is 1.81. The largest absolute Gasteiger partial charge is 0.382 e. The van der Waals surface area contributed by atoms with Gasteiger partial charge in [-0.1, -0.05) is 17.7 Å². The Hall–Kier alpha value is -1.68. The van der Waals surface area contributed by atoms with Gasteiger partial charge in [0, 0.05) is 11.6 Å². The van der Waals surface area contributed by atoms with Crippen molar-refractivity contribution in [3.63, 3.8) is 0 Å². The first-order valence-electron chi connectivity index (χ1n) is 5.96. The van der Waals surface area contributed by atoms with Crippen LogP contribution in [0.2, 0.25) is 0 Å². The number of hydrogen-bond donors (Lipinski definition) is 1. The molecular formula is C14H17FN2O. The van der Waals surface area contributed by atoms with Crippen LogP contribution in [0.5, 0.6) is 0 Å². The van der Waals surface area contributed by atoms with Crippen LogP contribution in [-0.2, 0) is 0 Å². The van der Waals surface area contributed by atoms with Crippen LogP contribution < -0.4 is 0 Å². The molecular weight excluding hydrogens is 231 g/mol. The van der Waals surface area contributed by atoms with E-state index in [4.69, 9.17) is 0 Å². The first kappa shape index (κ1) is 12.8. The van der Waals surface area contributed by atoms with E-state index < -0.39 is 11.9 Å². The molecule has 1 aromatic heterocycles. The lowest BCUT2D eigenvalue weighted by atomic mass is 10.0. The third-order valence-corrected chi connectivity index (χ3v) is 2.98. The van der Waals surface area contributed by atoms with E-state index in [-0.39, 0.29) is 11.6 Å². The van der Waals surface area contributed by atoms with Gasteiger partial charge in [0.25, 0.3) is 0 Å². The Bertz CT molecular complexity index is 548. The van der Waals surface area contributed by atoms with Gasteiger partial charge in [0.2, 0.25) is 0 Å². The van der Waals surface area contributed by atoms with E-state index in [1.165, 1.54) is 6.07 Å². The molecule has 0 aliphatic rings. The standard InChI is InChI=1S/C14H17FN2O/c1-9(2)17-8-16-7-13(17)14(18)11-6-10(3)4-5-12(11)15/h4-9,14,18H,1-3H3. The van der Waals surface area contributed by atoms with Gasteiger partial charge in [-0.15, -0.1) is 0 Å². The Morgan fingerprint density at radius 3 is 2.72 bits per heavy atom. The van der Waals surface area contributed by atoms with Crippen molar-refractivity contribution >= 4 is 0 Å². The monoisotopic (exact) mass is 248 g/mol. The zero-order valence-electron chi connectivity index (χ0n) is 10.8. The summed E-state index contributed by atoms with van der Waals surface area (Å²) in [6.45, 7) is 5.85. The van der Waals surface area contributed by atoms with Crippen LogP contribution in [-0.4, -0.2) is 14.7 Å². The Morgan fingerprint density at radius 1 is 1.33 bits per heavy atom. The minimum absolute atomic E-state index is 0.171. The summed E-state index contributed by atoms with van der Waals surface area (Å²) in [6.07, 6.45) is 2.23. The number of hydrogen-bond acceptors (Lipinski definition) is 2. The molecule has 0 aliphatic carbocycles. The zero-order chi connectivity index (χ0) is 13.3. The molecule has 0 saturated carbocycles. The van der Waals surface area contributed by atoms with Crippen molar-refractivity contribution in [3.8, 4) is 0 Å². The molecule has 18 heavy (non-hydrogen) atoms. The third kappa shape index (κ3) is 2.29. The Kier molecular flexibility index (Phi) is 3.48. The average Bonchev–Trinajstić information content (AvgIpc) is 2.80. The van der Waals surface area contributed by atoms with Gasteiger partial charge in [-0.05, 0) is 26.8 Å². The van der Waals surface area contributed by atoms with Crippen LogP contribution in [0.25, 0.3) is 0 Å². The zero-order valence-corrected chi connectivity index (χ0v) is 10.8. The molecule has 4 heteroatoms. The van der Waals surface area contributed by atoms with E-state index in [1.807, 2.05) is 25.3 Å². The second-order valence-corrected chi connectivity index (χ2v) is 4.75.